The number of hydrogen-bond donors (Lipinski definition) is 3. The number of aromatic nitrogens is 1. The van der Waals surface area contributed by atoms with Crippen molar-refractivity contribution in [2.24, 2.45) is 0 Å². The van der Waals surface area contributed by atoms with E-state index >= 15 is 0 Å². The number of piperidine rings is 1. The molecule has 1 aromatic heterocycles. The zero-order valence-corrected chi connectivity index (χ0v) is 14.5. The van der Waals surface area contributed by atoms with E-state index in [0.29, 0.717) is 5.56 Å². The Morgan fingerprint density at radius 2 is 2.00 bits per heavy atom. The van der Waals surface area contributed by atoms with E-state index in [9.17, 15) is 14.0 Å². The smallest absolute Gasteiger partial charge is 0.267 e. The minimum absolute atomic E-state index is 0.0509. The Hall–Kier alpha value is -2.18. The first-order chi connectivity index (χ1) is 12.0. The van der Waals surface area contributed by atoms with Gasteiger partial charge in [0.2, 0.25) is 0 Å². The van der Waals surface area contributed by atoms with Gasteiger partial charge in [0.15, 0.2) is 5.78 Å². The van der Waals surface area contributed by atoms with Crippen LogP contribution in [0.2, 0.25) is 5.02 Å². The first kappa shape index (κ1) is 17.6. The molecule has 25 heavy (non-hydrogen) atoms. The van der Waals surface area contributed by atoms with Gasteiger partial charge >= 0.3 is 0 Å². The van der Waals surface area contributed by atoms with Gasteiger partial charge in [0.05, 0.1) is 10.6 Å². The number of rotatable bonds is 4. The highest BCUT2D eigenvalue weighted by molar-refractivity contribution is 6.35. The van der Waals surface area contributed by atoms with E-state index < -0.39 is 11.6 Å². The Labute approximate surface area is 150 Å². The lowest BCUT2D eigenvalue weighted by Gasteiger charge is -2.23. The van der Waals surface area contributed by atoms with E-state index in [2.05, 4.69) is 15.6 Å². The van der Waals surface area contributed by atoms with Crippen LogP contribution in [0.4, 0.5) is 4.39 Å². The lowest BCUT2D eigenvalue weighted by molar-refractivity contribution is 0.0925. The van der Waals surface area contributed by atoms with Crippen molar-refractivity contribution in [1.82, 2.24) is 15.6 Å². The van der Waals surface area contributed by atoms with Gasteiger partial charge in [-0.15, -0.1) is 0 Å². The molecule has 1 aliphatic rings. The van der Waals surface area contributed by atoms with Crippen LogP contribution in [0.15, 0.2) is 24.4 Å². The molecule has 1 fully saturated rings. The average molecular weight is 364 g/mol. The van der Waals surface area contributed by atoms with Crippen molar-refractivity contribution in [3.8, 4) is 0 Å². The van der Waals surface area contributed by atoms with Crippen molar-refractivity contribution in [1.29, 1.82) is 0 Å². The minimum Gasteiger partial charge on any atom is -0.356 e. The van der Waals surface area contributed by atoms with Crippen LogP contribution in [0.3, 0.4) is 0 Å². The van der Waals surface area contributed by atoms with E-state index in [-0.39, 0.29) is 33.8 Å². The van der Waals surface area contributed by atoms with E-state index in [1.54, 1.807) is 6.92 Å². The van der Waals surface area contributed by atoms with Crippen molar-refractivity contribution in [2.75, 3.05) is 13.1 Å². The molecule has 0 radical (unpaired) electrons. The van der Waals surface area contributed by atoms with Crippen molar-refractivity contribution in [2.45, 2.75) is 25.8 Å². The van der Waals surface area contributed by atoms with Crippen LogP contribution in [0.25, 0.3) is 0 Å². The number of hydrogen-bond acceptors (Lipinski definition) is 3. The zero-order chi connectivity index (χ0) is 18.0. The molecule has 3 N–H and O–H groups in total. The normalized spacial score (nSPS) is 15.2. The molecule has 1 saturated heterocycles. The number of ketones is 1. The highest BCUT2D eigenvalue weighted by Gasteiger charge is 2.22. The summed E-state index contributed by atoms with van der Waals surface area (Å²) in [6.07, 6.45) is 3.13. The third-order valence-corrected chi connectivity index (χ3v) is 4.69. The fourth-order valence-corrected chi connectivity index (χ4v) is 3.13. The molecule has 7 heteroatoms. The Balaban J connectivity index is 1.78. The van der Waals surface area contributed by atoms with Crippen molar-refractivity contribution in [3.05, 3.63) is 57.6 Å². The summed E-state index contributed by atoms with van der Waals surface area (Å²) in [5, 5.41) is 6.22. The lowest BCUT2D eigenvalue weighted by atomic mass is 10.0. The summed E-state index contributed by atoms with van der Waals surface area (Å²) in [4.78, 5) is 27.7. The molecule has 1 aromatic carbocycles. The average Bonchev–Trinajstić information content (AvgIpc) is 3.09. The third kappa shape index (κ3) is 3.75. The van der Waals surface area contributed by atoms with Gasteiger partial charge in [0.25, 0.3) is 5.91 Å². The van der Waals surface area contributed by atoms with Gasteiger partial charge < -0.3 is 15.6 Å². The summed E-state index contributed by atoms with van der Waals surface area (Å²) >= 11 is 5.99. The fourth-order valence-electron chi connectivity index (χ4n) is 2.90. The topological polar surface area (TPSA) is 74.0 Å². The van der Waals surface area contributed by atoms with Gasteiger partial charge in [-0.1, -0.05) is 17.7 Å². The lowest BCUT2D eigenvalue weighted by Crippen LogP contribution is -2.42. The molecular weight excluding hydrogens is 345 g/mol. The predicted molar refractivity (Wildman–Crippen MR) is 93.7 cm³/mol. The van der Waals surface area contributed by atoms with Gasteiger partial charge in [0.1, 0.15) is 11.5 Å². The number of amides is 1. The third-order valence-electron chi connectivity index (χ3n) is 4.38. The number of benzene rings is 1. The Morgan fingerprint density at radius 1 is 1.28 bits per heavy atom. The first-order valence-corrected chi connectivity index (χ1v) is 8.54. The van der Waals surface area contributed by atoms with Crippen molar-refractivity contribution < 1.29 is 14.0 Å². The molecule has 0 bridgehead atoms. The molecule has 2 aromatic rings. The highest BCUT2D eigenvalue weighted by Crippen LogP contribution is 2.25. The summed E-state index contributed by atoms with van der Waals surface area (Å²) in [6.45, 7) is 3.30. The van der Waals surface area contributed by atoms with Gasteiger partial charge in [-0.25, -0.2) is 4.39 Å². The van der Waals surface area contributed by atoms with Crippen LogP contribution >= 0.6 is 11.6 Å². The zero-order valence-electron chi connectivity index (χ0n) is 13.8. The maximum atomic E-state index is 14.3. The second kappa shape index (κ2) is 7.37. The Bertz CT molecular complexity index is 813. The maximum Gasteiger partial charge on any atom is 0.267 e. The summed E-state index contributed by atoms with van der Waals surface area (Å²) in [5.41, 5.74) is 0.631. The summed E-state index contributed by atoms with van der Waals surface area (Å²) in [5.74, 6) is -1.47. The number of aryl methyl sites for hydroxylation is 1. The number of aromatic amines is 1. The molecule has 132 valence electrons. The number of nitrogens with one attached hydrogen (secondary N) is 3. The van der Waals surface area contributed by atoms with Crippen LogP contribution in [0, 0.1) is 12.7 Å². The minimum atomic E-state index is -0.639. The molecule has 1 amide bonds. The van der Waals surface area contributed by atoms with Gasteiger partial charge in [-0.2, -0.15) is 0 Å². The van der Waals surface area contributed by atoms with Crippen LogP contribution in [0.5, 0.6) is 0 Å². The van der Waals surface area contributed by atoms with Crippen LogP contribution in [-0.4, -0.2) is 35.8 Å². The number of halogens is 2. The van der Waals surface area contributed by atoms with E-state index in [1.807, 2.05) is 0 Å². The van der Waals surface area contributed by atoms with Crippen LogP contribution in [0.1, 0.15) is 44.8 Å². The highest BCUT2D eigenvalue weighted by atomic mass is 35.5. The fraction of sp³-hybridized carbons (Fsp3) is 0.333. The Kier molecular flexibility index (Phi) is 5.20. The SMILES string of the molecule is Cc1ccc(Cl)c(C(=O)c2c[nH]c(C(=O)NC3CCNCC3)c2)c1F. The Morgan fingerprint density at radius 3 is 2.72 bits per heavy atom. The largest absolute Gasteiger partial charge is 0.356 e. The number of H-pyrrole nitrogens is 1. The molecule has 3 rings (SSSR count). The number of carbonyl (C=O) groups excluding carboxylic acids is 2. The van der Waals surface area contributed by atoms with Crippen molar-refractivity contribution >= 4 is 23.3 Å². The summed E-state index contributed by atoms with van der Waals surface area (Å²) < 4.78 is 14.3. The molecule has 0 saturated carbocycles. The quantitative estimate of drug-likeness (QED) is 0.731. The van der Waals surface area contributed by atoms with Crippen LogP contribution < -0.4 is 10.6 Å². The predicted octanol–water partition coefficient (Wildman–Crippen LogP) is 2.83. The van der Waals surface area contributed by atoms with E-state index in [1.165, 1.54) is 24.4 Å². The standard InChI is InChI=1S/C18H19ClFN3O2/c1-10-2-3-13(19)15(16(10)20)17(24)11-8-14(22-9-11)18(25)23-12-4-6-21-7-5-12/h2-3,8-9,12,21-22H,4-7H2,1H3,(H,23,25). The van der Waals surface area contributed by atoms with E-state index in [4.69, 9.17) is 11.6 Å². The molecule has 2 heterocycles. The van der Waals surface area contributed by atoms with Gasteiger partial charge in [-0.3, -0.25) is 9.59 Å². The molecule has 0 atom stereocenters. The van der Waals surface area contributed by atoms with Crippen molar-refractivity contribution in [3.63, 3.8) is 0 Å². The van der Waals surface area contributed by atoms with Gasteiger partial charge in [0, 0.05) is 17.8 Å². The molecule has 1 aliphatic heterocycles. The number of carbonyl (C=O) groups is 2. The molecule has 0 aliphatic carbocycles. The second-order valence-corrected chi connectivity index (χ2v) is 6.59. The molecule has 0 spiro atoms. The molecular formula is C18H19ClFN3O2. The molecule has 0 unspecified atom stereocenters. The van der Waals surface area contributed by atoms with Crippen LogP contribution in [-0.2, 0) is 0 Å². The summed E-state index contributed by atoms with van der Waals surface area (Å²) in [6, 6.07) is 4.55. The molecule has 5 nitrogen and oxygen atoms in total. The monoisotopic (exact) mass is 363 g/mol. The summed E-state index contributed by atoms with van der Waals surface area (Å²) in [7, 11) is 0. The second-order valence-electron chi connectivity index (χ2n) is 6.18. The van der Waals surface area contributed by atoms with Gasteiger partial charge in [-0.05, 0) is 50.6 Å². The van der Waals surface area contributed by atoms with E-state index in [0.717, 1.165) is 25.9 Å². The maximum absolute atomic E-state index is 14.3. The first-order valence-electron chi connectivity index (χ1n) is 8.16.